The quantitative estimate of drug-likeness (QED) is 0.493. The molecule has 3 aromatic rings. The second-order valence-electron chi connectivity index (χ2n) is 8.48. The molecule has 1 aliphatic carbocycles. The number of fused-ring (bicyclic) bond motifs is 1. The number of aromatic carboxylic acids is 1. The Labute approximate surface area is 185 Å². The summed E-state index contributed by atoms with van der Waals surface area (Å²) in [5.74, 6) is 0.108. The molecule has 9 heteroatoms. The molecule has 1 fully saturated rings. The number of nitrogens with zero attached hydrogens (tertiary/aromatic N) is 3. The first-order valence-electron chi connectivity index (χ1n) is 10.5. The van der Waals surface area contributed by atoms with Gasteiger partial charge in [0.15, 0.2) is 17.2 Å². The maximum Gasteiger partial charge on any atom is 0.336 e. The number of hydrogen-bond acceptors (Lipinski definition) is 6. The van der Waals surface area contributed by atoms with Crippen LogP contribution in [-0.2, 0) is 16.8 Å². The number of rotatable bonds is 8. The lowest BCUT2D eigenvalue weighted by Gasteiger charge is -2.13. The summed E-state index contributed by atoms with van der Waals surface area (Å²) >= 11 is 0. The third kappa shape index (κ3) is 3.69. The van der Waals surface area contributed by atoms with E-state index in [1.54, 1.807) is 28.8 Å². The first-order valence-corrected chi connectivity index (χ1v) is 10.5. The number of hydrogen-bond donors (Lipinski definition) is 3. The van der Waals surface area contributed by atoms with Crippen LogP contribution < -0.4 is 10.1 Å². The van der Waals surface area contributed by atoms with Gasteiger partial charge in [-0.1, -0.05) is 19.9 Å². The normalized spacial score (nSPS) is 14.5. The molecule has 0 radical (unpaired) electrons. The molecule has 0 unspecified atom stereocenters. The minimum atomic E-state index is -1.10. The lowest BCUT2D eigenvalue weighted by atomic mass is 10.0. The first kappa shape index (κ1) is 21.8. The average Bonchev–Trinajstić information content (AvgIpc) is 3.47. The highest BCUT2D eigenvalue weighted by Gasteiger charge is 2.54. The lowest BCUT2D eigenvalue weighted by Crippen LogP contribution is -2.37. The molecule has 0 atom stereocenters. The van der Waals surface area contributed by atoms with E-state index in [9.17, 15) is 19.8 Å². The van der Waals surface area contributed by atoms with E-state index in [2.05, 4.69) is 15.4 Å². The van der Waals surface area contributed by atoms with Crippen molar-refractivity contribution in [2.75, 3.05) is 13.7 Å². The highest BCUT2D eigenvalue weighted by atomic mass is 16.5. The third-order valence-corrected chi connectivity index (χ3v) is 5.75. The number of ether oxygens (including phenoxy) is 1. The van der Waals surface area contributed by atoms with Crippen LogP contribution in [0.4, 0.5) is 0 Å². The standard InChI is InChI=1S/C23H26N4O5/c1-13(2)11-24-22(31)23(8-9-23)21-25-19-18(32-3)7-6-17(27(19)26-21)14-4-5-16(20(29)30)15(10-14)12-28/h4-7,10,13,28H,8-9,11-12H2,1-3H3,(H,24,31)(H,29,30). The highest BCUT2D eigenvalue weighted by molar-refractivity contribution is 5.91. The summed E-state index contributed by atoms with van der Waals surface area (Å²) in [7, 11) is 1.54. The van der Waals surface area contributed by atoms with E-state index >= 15 is 0 Å². The van der Waals surface area contributed by atoms with Gasteiger partial charge in [-0.15, -0.1) is 5.10 Å². The van der Waals surface area contributed by atoms with E-state index in [0.717, 1.165) is 0 Å². The van der Waals surface area contributed by atoms with Crippen molar-refractivity contribution < 1.29 is 24.5 Å². The van der Waals surface area contributed by atoms with Crippen molar-refractivity contribution in [1.29, 1.82) is 0 Å². The molecule has 2 heterocycles. The van der Waals surface area contributed by atoms with Gasteiger partial charge in [0.05, 0.1) is 25.0 Å². The fourth-order valence-corrected chi connectivity index (χ4v) is 3.76. The zero-order valence-corrected chi connectivity index (χ0v) is 18.3. The van der Waals surface area contributed by atoms with Crippen molar-refractivity contribution in [3.63, 3.8) is 0 Å². The van der Waals surface area contributed by atoms with Crippen LogP contribution >= 0.6 is 0 Å². The summed E-state index contributed by atoms with van der Waals surface area (Å²) in [6.07, 6.45) is 1.35. The van der Waals surface area contributed by atoms with Crippen molar-refractivity contribution in [3.8, 4) is 17.0 Å². The molecule has 4 rings (SSSR count). The molecule has 1 amide bonds. The van der Waals surface area contributed by atoms with E-state index in [1.165, 1.54) is 13.2 Å². The molecule has 0 spiro atoms. The SMILES string of the molecule is COc1ccc(-c2ccc(C(=O)O)c(CO)c2)n2nc(C3(C(=O)NCC(C)C)CC3)nc12. The van der Waals surface area contributed by atoms with Gasteiger partial charge in [-0.25, -0.2) is 14.3 Å². The number of carboxylic acid groups (broad SMARTS) is 1. The molecule has 168 valence electrons. The molecule has 2 aromatic heterocycles. The van der Waals surface area contributed by atoms with Crippen molar-refractivity contribution in [2.45, 2.75) is 38.7 Å². The first-order chi connectivity index (χ1) is 15.3. The molecular formula is C23H26N4O5. The molecule has 0 aliphatic heterocycles. The number of aromatic nitrogens is 3. The second kappa shape index (κ2) is 8.23. The van der Waals surface area contributed by atoms with Crippen LogP contribution in [0.1, 0.15) is 48.4 Å². The maximum atomic E-state index is 12.9. The maximum absolute atomic E-state index is 12.9. The van der Waals surface area contributed by atoms with Gasteiger partial charge in [-0.3, -0.25) is 4.79 Å². The van der Waals surface area contributed by atoms with E-state index in [4.69, 9.17) is 4.74 Å². The Morgan fingerprint density at radius 2 is 2.00 bits per heavy atom. The van der Waals surface area contributed by atoms with Gasteiger partial charge < -0.3 is 20.3 Å². The number of methoxy groups -OCH3 is 1. The predicted octanol–water partition coefficient (Wildman–Crippen LogP) is 2.40. The summed E-state index contributed by atoms with van der Waals surface area (Å²) in [4.78, 5) is 29.0. The number of aliphatic hydroxyl groups excluding tert-OH is 1. The van der Waals surface area contributed by atoms with Crippen LogP contribution in [0.2, 0.25) is 0 Å². The second-order valence-corrected chi connectivity index (χ2v) is 8.48. The fraction of sp³-hybridized carbons (Fsp3) is 0.391. The molecule has 3 N–H and O–H groups in total. The van der Waals surface area contributed by atoms with Crippen LogP contribution in [0.25, 0.3) is 16.9 Å². The Hall–Kier alpha value is -3.46. The van der Waals surface area contributed by atoms with Gasteiger partial charge in [-0.2, -0.15) is 0 Å². The van der Waals surface area contributed by atoms with Gasteiger partial charge in [0.25, 0.3) is 0 Å². The number of amides is 1. The third-order valence-electron chi connectivity index (χ3n) is 5.75. The number of carboxylic acids is 1. The molecule has 0 saturated heterocycles. The van der Waals surface area contributed by atoms with Crippen molar-refractivity contribution in [2.24, 2.45) is 5.92 Å². The lowest BCUT2D eigenvalue weighted by molar-refractivity contribution is -0.123. The minimum Gasteiger partial charge on any atom is -0.493 e. The van der Waals surface area contributed by atoms with Crippen LogP contribution in [-0.4, -0.2) is 50.3 Å². The molecular weight excluding hydrogens is 412 g/mol. The van der Waals surface area contributed by atoms with Gasteiger partial charge in [0.1, 0.15) is 5.41 Å². The van der Waals surface area contributed by atoms with Gasteiger partial charge in [0, 0.05) is 12.1 Å². The number of pyridine rings is 1. The fourth-order valence-electron chi connectivity index (χ4n) is 3.76. The van der Waals surface area contributed by atoms with Gasteiger partial charge in [-0.05, 0) is 48.6 Å². The molecule has 1 aromatic carbocycles. The number of nitrogens with one attached hydrogen (secondary N) is 1. The Morgan fingerprint density at radius 1 is 1.25 bits per heavy atom. The monoisotopic (exact) mass is 438 g/mol. The number of aliphatic hydroxyl groups is 1. The highest BCUT2D eigenvalue weighted by Crippen LogP contribution is 2.47. The number of carbonyl (C=O) groups excluding carboxylic acids is 1. The summed E-state index contributed by atoms with van der Waals surface area (Å²) in [6.45, 7) is 4.26. The smallest absolute Gasteiger partial charge is 0.336 e. The Morgan fingerprint density at radius 3 is 2.59 bits per heavy atom. The van der Waals surface area contributed by atoms with Gasteiger partial charge in [0.2, 0.25) is 5.91 Å². The van der Waals surface area contributed by atoms with Crippen LogP contribution in [0, 0.1) is 5.92 Å². The largest absolute Gasteiger partial charge is 0.493 e. The Bertz CT molecular complexity index is 1200. The van der Waals surface area contributed by atoms with E-state index < -0.39 is 18.0 Å². The molecule has 1 saturated carbocycles. The van der Waals surface area contributed by atoms with E-state index in [-0.39, 0.29) is 11.5 Å². The minimum absolute atomic E-state index is 0.0408. The summed E-state index contributed by atoms with van der Waals surface area (Å²) in [6, 6.07) is 8.28. The van der Waals surface area contributed by atoms with Crippen LogP contribution in [0.15, 0.2) is 30.3 Å². The topological polar surface area (TPSA) is 126 Å². The van der Waals surface area contributed by atoms with Crippen LogP contribution in [0.3, 0.4) is 0 Å². The zero-order chi connectivity index (χ0) is 23.0. The van der Waals surface area contributed by atoms with Crippen molar-refractivity contribution >= 4 is 17.5 Å². The van der Waals surface area contributed by atoms with Crippen molar-refractivity contribution in [3.05, 3.63) is 47.3 Å². The number of carbonyl (C=O) groups is 2. The Balaban J connectivity index is 1.81. The zero-order valence-electron chi connectivity index (χ0n) is 18.3. The molecule has 9 nitrogen and oxygen atoms in total. The molecule has 0 bridgehead atoms. The average molecular weight is 438 g/mol. The van der Waals surface area contributed by atoms with Crippen LogP contribution in [0.5, 0.6) is 5.75 Å². The predicted molar refractivity (Wildman–Crippen MR) is 117 cm³/mol. The van der Waals surface area contributed by atoms with Gasteiger partial charge >= 0.3 is 5.97 Å². The summed E-state index contributed by atoms with van der Waals surface area (Å²) < 4.78 is 7.07. The number of benzene rings is 1. The summed E-state index contributed by atoms with van der Waals surface area (Å²) in [5, 5.41) is 26.6. The summed E-state index contributed by atoms with van der Waals surface area (Å²) in [5.41, 5.74) is 1.37. The molecule has 32 heavy (non-hydrogen) atoms. The molecule has 1 aliphatic rings. The van der Waals surface area contributed by atoms with E-state index in [1.807, 2.05) is 13.8 Å². The van der Waals surface area contributed by atoms with Crippen molar-refractivity contribution in [1.82, 2.24) is 19.9 Å². The van der Waals surface area contributed by atoms with E-state index in [0.29, 0.717) is 59.3 Å². The Kier molecular flexibility index (Phi) is 5.60.